The van der Waals surface area contributed by atoms with Crippen LogP contribution in [0.15, 0.2) is 11.7 Å². The molecule has 0 radical (unpaired) electrons. The van der Waals surface area contributed by atoms with E-state index >= 15 is 0 Å². The number of nitrogens with one attached hydrogen (secondary N) is 1. The van der Waals surface area contributed by atoms with Crippen LogP contribution in [0.4, 0.5) is 0 Å². The first-order valence-corrected chi connectivity index (χ1v) is 7.52. The van der Waals surface area contributed by atoms with Gasteiger partial charge in [0.1, 0.15) is 23.9 Å². The van der Waals surface area contributed by atoms with Gasteiger partial charge in [-0.25, -0.2) is 14.6 Å². The van der Waals surface area contributed by atoms with E-state index in [0.29, 0.717) is 0 Å². The zero-order valence-corrected chi connectivity index (χ0v) is 12.4. The van der Waals surface area contributed by atoms with Gasteiger partial charge in [0.15, 0.2) is 0 Å². The number of hydrogen-bond donors (Lipinski definition) is 1. The van der Waals surface area contributed by atoms with Crippen LogP contribution in [0.2, 0.25) is 0 Å². The normalized spacial score (nSPS) is 16.0. The molecule has 0 bridgehead atoms. The maximum Gasteiger partial charge on any atom is 0.252 e. The predicted molar refractivity (Wildman–Crippen MR) is 75.3 cm³/mol. The summed E-state index contributed by atoms with van der Waals surface area (Å²) in [6, 6.07) is 1.84. The lowest BCUT2D eigenvalue weighted by Crippen LogP contribution is -2.51. The first kappa shape index (κ1) is 13.7. The monoisotopic (exact) mass is 302 g/mol. The van der Waals surface area contributed by atoms with Crippen molar-refractivity contribution >= 4 is 17.2 Å². The Kier molecular flexibility index (Phi) is 3.43. The number of rotatable bonds is 4. The minimum atomic E-state index is -0.325. The molecule has 0 aromatic carbocycles. The van der Waals surface area contributed by atoms with E-state index < -0.39 is 0 Å². The zero-order chi connectivity index (χ0) is 14.9. The summed E-state index contributed by atoms with van der Waals surface area (Å²) in [5, 5.41) is 18.6. The second-order valence-corrected chi connectivity index (χ2v) is 6.01. The van der Waals surface area contributed by atoms with Crippen molar-refractivity contribution in [1.29, 1.82) is 5.26 Å². The van der Waals surface area contributed by atoms with E-state index in [2.05, 4.69) is 20.4 Å². The van der Waals surface area contributed by atoms with Gasteiger partial charge in [0.2, 0.25) is 5.91 Å². The van der Waals surface area contributed by atoms with Crippen molar-refractivity contribution in [2.45, 2.75) is 38.3 Å². The molecule has 2 heterocycles. The first-order valence-electron chi connectivity index (χ1n) is 6.64. The Labute approximate surface area is 125 Å². The highest BCUT2D eigenvalue weighted by Crippen LogP contribution is 2.42. The molecule has 8 heteroatoms. The lowest BCUT2D eigenvalue weighted by Gasteiger charge is -2.40. The molecule has 0 aliphatic heterocycles. The molecule has 2 aromatic heterocycles. The number of hydrogen-bond acceptors (Lipinski definition) is 6. The molecule has 1 saturated carbocycles. The van der Waals surface area contributed by atoms with Crippen LogP contribution < -0.4 is 5.32 Å². The van der Waals surface area contributed by atoms with Crippen molar-refractivity contribution < 1.29 is 4.79 Å². The fraction of sp³-hybridized carbons (Fsp3) is 0.462. The van der Waals surface area contributed by atoms with Crippen molar-refractivity contribution in [3.63, 3.8) is 0 Å². The molecule has 0 saturated heterocycles. The second-order valence-electron chi connectivity index (χ2n) is 5.16. The smallest absolute Gasteiger partial charge is 0.252 e. The van der Waals surface area contributed by atoms with Crippen molar-refractivity contribution in [3.05, 3.63) is 28.2 Å². The third-order valence-corrected chi connectivity index (χ3v) is 4.72. The van der Waals surface area contributed by atoms with Gasteiger partial charge in [0.05, 0.1) is 5.54 Å². The Morgan fingerprint density at radius 2 is 2.43 bits per heavy atom. The van der Waals surface area contributed by atoms with Crippen LogP contribution >= 0.6 is 11.3 Å². The molecule has 3 rings (SSSR count). The molecule has 2 aromatic rings. The standard InChI is InChI=1S/C13H14N6OS/c1-9-7-21-12(16-9)13(3-2-4-13)17-11(20)6-19-8-15-10(5-14)18-19/h7-8H,2-4,6H2,1H3,(H,17,20). The van der Waals surface area contributed by atoms with Gasteiger partial charge in [-0.3, -0.25) is 4.79 Å². The largest absolute Gasteiger partial charge is 0.343 e. The number of aryl methyl sites for hydroxylation is 1. The molecule has 7 nitrogen and oxygen atoms in total. The lowest BCUT2D eigenvalue weighted by atomic mass is 9.77. The second kappa shape index (κ2) is 5.26. The van der Waals surface area contributed by atoms with Crippen molar-refractivity contribution in [1.82, 2.24) is 25.1 Å². The van der Waals surface area contributed by atoms with Crippen LogP contribution in [0.5, 0.6) is 0 Å². The number of amides is 1. The molecular weight excluding hydrogens is 288 g/mol. The molecule has 1 amide bonds. The van der Waals surface area contributed by atoms with Gasteiger partial charge < -0.3 is 5.32 Å². The molecule has 0 spiro atoms. The van der Waals surface area contributed by atoms with Gasteiger partial charge >= 0.3 is 0 Å². The van der Waals surface area contributed by atoms with Crippen LogP contribution in [-0.4, -0.2) is 25.7 Å². The highest BCUT2D eigenvalue weighted by Gasteiger charge is 2.42. The van der Waals surface area contributed by atoms with Gasteiger partial charge in [-0.05, 0) is 26.2 Å². The summed E-state index contributed by atoms with van der Waals surface area (Å²) >= 11 is 1.58. The van der Waals surface area contributed by atoms with Crippen LogP contribution in [0, 0.1) is 18.3 Å². The van der Waals surface area contributed by atoms with Crippen molar-refractivity contribution in [2.75, 3.05) is 0 Å². The van der Waals surface area contributed by atoms with Crippen LogP contribution in [-0.2, 0) is 16.9 Å². The van der Waals surface area contributed by atoms with Crippen molar-refractivity contribution in [2.24, 2.45) is 0 Å². The van der Waals surface area contributed by atoms with E-state index in [4.69, 9.17) is 5.26 Å². The van der Waals surface area contributed by atoms with E-state index in [0.717, 1.165) is 30.0 Å². The average molecular weight is 302 g/mol. The molecule has 108 valence electrons. The lowest BCUT2D eigenvalue weighted by molar-refractivity contribution is -0.125. The summed E-state index contributed by atoms with van der Waals surface area (Å²) in [6.07, 6.45) is 4.29. The number of thiazole rings is 1. The number of carbonyl (C=O) groups is 1. The quantitative estimate of drug-likeness (QED) is 0.912. The number of nitriles is 1. The highest BCUT2D eigenvalue weighted by molar-refractivity contribution is 7.09. The fourth-order valence-corrected chi connectivity index (χ4v) is 3.38. The summed E-state index contributed by atoms with van der Waals surface area (Å²) in [7, 11) is 0. The Hall–Kier alpha value is -2.27. The van der Waals surface area contributed by atoms with Crippen LogP contribution in [0.1, 0.15) is 35.8 Å². The molecule has 21 heavy (non-hydrogen) atoms. The Morgan fingerprint density at radius 3 is 2.95 bits per heavy atom. The average Bonchev–Trinajstić information content (AvgIpc) is 3.03. The highest BCUT2D eigenvalue weighted by atomic mass is 32.1. The summed E-state index contributed by atoms with van der Waals surface area (Å²) in [6.45, 7) is 2.01. The maximum absolute atomic E-state index is 12.2. The number of aromatic nitrogens is 4. The minimum Gasteiger partial charge on any atom is -0.343 e. The number of nitrogens with zero attached hydrogens (tertiary/aromatic N) is 5. The molecule has 1 aliphatic carbocycles. The van der Waals surface area contributed by atoms with Gasteiger partial charge in [0, 0.05) is 11.1 Å². The third-order valence-electron chi connectivity index (χ3n) is 3.56. The molecule has 1 fully saturated rings. The van der Waals surface area contributed by atoms with E-state index in [9.17, 15) is 4.79 Å². The topological polar surface area (TPSA) is 96.5 Å². The van der Waals surface area contributed by atoms with Crippen molar-refractivity contribution in [3.8, 4) is 6.07 Å². The summed E-state index contributed by atoms with van der Waals surface area (Å²) in [4.78, 5) is 20.5. The molecular formula is C13H14N6OS. The third kappa shape index (κ3) is 2.64. The van der Waals surface area contributed by atoms with E-state index in [1.807, 2.05) is 18.4 Å². The zero-order valence-electron chi connectivity index (χ0n) is 11.5. The van der Waals surface area contributed by atoms with E-state index in [-0.39, 0.29) is 23.8 Å². The van der Waals surface area contributed by atoms with E-state index in [1.54, 1.807) is 11.3 Å². The van der Waals surface area contributed by atoms with Gasteiger partial charge in [-0.2, -0.15) is 5.26 Å². The summed E-state index contributed by atoms with van der Waals surface area (Å²) in [5.41, 5.74) is 0.653. The van der Waals surface area contributed by atoms with Crippen LogP contribution in [0.3, 0.4) is 0 Å². The van der Waals surface area contributed by atoms with Crippen LogP contribution in [0.25, 0.3) is 0 Å². The SMILES string of the molecule is Cc1csc(C2(NC(=O)Cn3cnc(C#N)n3)CCC2)n1. The Bertz CT molecular complexity index is 708. The predicted octanol–water partition coefficient (Wildman–Crippen LogP) is 1.11. The Morgan fingerprint density at radius 1 is 1.62 bits per heavy atom. The summed E-state index contributed by atoms with van der Waals surface area (Å²) in [5.74, 6) is -0.0753. The molecule has 1 N–H and O–H groups in total. The van der Waals surface area contributed by atoms with Gasteiger partial charge in [-0.15, -0.1) is 16.4 Å². The van der Waals surface area contributed by atoms with Gasteiger partial charge in [-0.1, -0.05) is 0 Å². The number of carbonyl (C=O) groups excluding carboxylic acids is 1. The minimum absolute atomic E-state index is 0.0563. The molecule has 1 aliphatic rings. The maximum atomic E-state index is 12.2. The van der Waals surface area contributed by atoms with Gasteiger partial charge in [0.25, 0.3) is 5.82 Å². The Balaban J connectivity index is 1.69. The fourth-order valence-electron chi connectivity index (χ4n) is 2.37. The molecule has 0 unspecified atom stereocenters. The summed E-state index contributed by atoms with van der Waals surface area (Å²) < 4.78 is 1.37. The van der Waals surface area contributed by atoms with E-state index in [1.165, 1.54) is 11.0 Å². The first-order chi connectivity index (χ1) is 10.1. The molecule has 0 atom stereocenters.